The number of halogens is 1. The van der Waals surface area contributed by atoms with Crippen molar-refractivity contribution in [2.45, 2.75) is 90.1 Å². The highest BCUT2D eigenvalue weighted by Crippen LogP contribution is 2.30. The van der Waals surface area contributed by atoms with Gasteiger partial charge in [0, 0.05) is 31.1 Å². The summed E-state index contributed by atoms with van der Waals surface area (Å²) in [5.41, 5.74) is 5.03. The molecule has 1 aromatic carbocycles. The molecule has 6 nitrogen and oxygen atoms in total. The summed E-state index contributed by atoms with van der Waals surface area (Å²) in [5, 5.41) is 10.0. The highest BCUT2D eigenvalue weighted by Gasteiger charge is 2.35. The van der Waals surface area contributed by atoms with Gasteiger partial charge in [-0.1, -0.05) is 12.1 Å². The number of carboxylic acid groups (broad SMARTS) is 1. The maximum atomic E-state index is 14.1. The van der Waals surface area contributed by atoms with Crippen LogP contribution in [0.1, 0.15) is 80.1 Å². The molecule has 2 heterocycles. The summed E-state index contributed by atoms with van der Waals surface area (Å²) < 4.78 is 25.9. The molecule has 2 atom stereocenters. The lowest BCUT2D eigenvalue weighted by atomic mass is 9.95. The van der Waals surface area contributed by atoms with Crippen molar-refractivity contribution in [2.24, 2.45) is 0 Å². The van der Waals surface area contributed by atoms with Gasteiger partial charge >= 0.3 is 5.97 Å². The first-order valence-corrected chi connectivity index (χ1v) is 13.4. The molecule has 0 amide bonds. The lowest BCUT2D eigenvalue weighted by molar-refractivity contribution is -0.143. The second-order valence-corrected chi connectivity index (χ2v) is 10.3. The monoisotopic (exact) mass is 498 g/mol. The molecule has 4 rings (SSSR count). The number of carbonyl (C=O) groups is 1. The van der Waals surface area contributed by atoms with Crippen molar-refractivity contribution in [3.63, 3.8) is 0 Å². The van der Waals surface area contributed by atoms with Crippen molar-refractivity contribution >= 4 is 5.97 Å². The van der Waals surface area contributed by atoms with E-state index in [1.807, 2.05) is 18.7 Å². The van der Waals surface area contributed by atoms with Crippen LogP contribution >= 0.6 is 0 Å². The Hall–Kier alpha value is -2.35. The smallest absolute Gasteiger partial charge is 0.325 e. The summed E-state index contributed by atoms with van der Waals surface area (Å²) in [6.45, 7) is 5.86. The average Bonchev–Trinajstić information content (AvgIpc) is 3.31. The number of carboxylic acids is 1. The molecule has 1 aliphatic carbocycles. The molecule has 7 heteroatoms. The first kappa shape index (κ1) is 26.7. The van der Waals surface area contributed by atoms with Gasteiger partial charge in [0.15, 0.2) is 0 Å². The van der Waals surface area contributed by atoms with E-state index < -0.39 is 17.8 Å². The van der Waals surface area contributed by atoms with E-state index in [2.05, 4.69) is 12.1 Å². The first-order chi connectivity index (χ1) is 17.4. The molecule has 1 fully saturated rings. The van der Waals surface area contributed by atoms with E-state index >= 15 is 0 Å². The topological polar surface area (TPSA) is 71.9 Å². The van der Waals surface area contributed by atoms with Crippen LogP contribution in [-0.4, -0.2) is 52.9 Å². The number of rotatable bonds is 12. The summed E-state index contributed by atoms with van der Waals surface area (Å²) in [7, 11) is 0. The van der Waals surface area contributed by atoms with Crippen LogP contribution in [0.5, 0.6) is 0 Å². The van der Waals surface area contributed by atoms with Crippen LogP contribution in [0.3, 0.4) is 0 Å². The molecular formula is C29H39FN2O4. The van der Waals surface area contributed by atoms with E-state index in [1.54, 1.807) is 6.07 Å². The molecule has 1 saturated heterocycles. The zero-order chi connectivity index (χ0) is 25.5. The quantitative estimate of drug-likeness (QED) is 0.402. The van der Waals surface area contributed by atoms with Crippen molar-refractivity contribution in [2.75, 3.05) is 19.7 Å². The minimum atomic E-state index is -0.982. The lowest BCUT2D eigenvalue weighted by Crippen LogP contribution is -2.34. The van der Waals surface area contributed by atoms with Crippen LogP contribution in [0.4, 0.5) is 4.39 Å². The van der Waals surface area contributed by atoms with Crippen molar-refractivity contribution < 1.29 is 23.8 Å². The van der Waals surface area contributed by atoms with E-state index in [1.165, 1.54) is 41.9 Å². The van der Waals surface area contributed by atoms with Crippen LogP contribution in [0.25, 0.3) is 0 Å². The summed E-state index contributed by atoms with van der Waals surface area (Å²) in [4.78, 5) is 19.0. The fraction of sp³-hybridized carbons (Fsp3) is 0.586. The number of hydrogen-bond donors (Lipinski definition) is 1. The summed E-state index contributed by atoms with van der Waals surface area (Å²) in [5.74, 6) is -1.42. The molecule has 2 aliphatic rings. The van der Waals surface area contributed by atoms with Gasteiger partial charge in [0.05, 0.1) is 18.8 Å². The Morgan fingerprint density at radius 3 is 2.83 bits per heavy atom. The first-order valence-electron chi connectivity index (χ1n) is 13.4. The maximum Gasteiger partial charge on any atom is 0.325 e. The van der Waals surface area contributed by atoms with Crippen LogP contribution < -0.4 is 0 Å². The van der Waals surface area contributed by atoms with Crippen LogP contribution in [0.2, 0.25) is 0 Å². The standard InChI is InChI=1S/C29H39FN2O4/c1-20(2)36-19-22-10-12-23(30)17-26(22)28(29(33)34)32-15-14-25(18-32)35-16-6-5-8-24-13-11-21-7-3-4-9-27(21)31-24/h10-13,17,20,25,28H,3-9,14-16,18-19H2,1-2H3,(H,33,34)/t25-,28?/m1/s1. The number of unbranched alkanes of at least 4 members (excludes halogenated alkanes) is 1. The van der Waals surface area contributed by atoms with Gasteiger partial charge < -0.3 is 14.6 Å². The van der Waals surface area contributed by atoms with Gasteiger partial charge in [0.2, 0.25) is 0 Å². The van der Waals surface area contributed by atoms with E-state index in [0.29, 0.717) is 30.8 Å². The predicted molar refractivity (Wildman–Crippen MR) is 136 cm³/mol. The zero-order valence-corrected chi connectivity index (χ0v) is 21.5. The second-order valence-electron chi connectivity index (χ2n) is 10.3. The van der Waals surface area contributed by atoms with E-state index in [4.69, 9.17) is 14.5 Å². The van der Waals surface area contributed by atoms with Crippen molar-refractivity contribution in [3.05, 3.63) is 64.2 Å². The average molecular weight is 499 g/mol. The number of nitrogens with zero attached hydrogens (tertiary/aromatic N) is 2. The molecular weight excluding hydrogens is 459 g/mol. The van der Waals surface area contributed by atoms with Gasteiger partial charge in [-0.05, 0) is 100 Å². The Bertz CT molecular complexity index is 1030. The lowest BCUT2D eigenvalue weighted by Gasteiger charge is -2.26. The fourth-order valence-corrected chi connectivity index (χ4v) is 5.24. The van der Waals surface area contributed by atoms with Crippen molar-refractivity contribution in [3.8, 4) is 0 Å². The van der Waals surface area contributed by atoms with E-state index in [-0.39, 0.29) is 18.8 Å². The van der Waals surface area contributed by atoms with Gasteiger partial charge in [-0.15, -0.1) is 0 Å². The number of fused-ring (bicyclic) bond motifs is 1. The molecule has 0 bridgehead atoms. The molecule has 0 spiro atoms. The molecule has 1 N–H and O–H groups in total. The van der Waals surface area contributed by atoms with Crippen LogP contribution in [0.15, 0.2) is 30.3 Å². The Balaban J connectivity index is 1.27. The third-order valence-corrected chi connectivity index (χ3v) is 7.17. The normalized spacial score (nSPS) is 18.9. The number of likely N-dealkylation sites (tertiary alicyclic amines) is 1. The third-order valence-electron chi connectivity index (χ3n) is 7.17. The summed E-state index contributed by atoms with van der Waals surface area (Å²) in [6, 6.07) is 7.81. The number of ether oxygens (including phenoxy) is 2. The number of pyridine rings is 1. The van der Waals surface area contributed by atoms with Gasteiger partial charge in [-0.3, -0.25) is 14.7 Å². The minimum Gasteiger partial charge on any atom is -0.480 e. The molecule has 0 saturated carbocycles. The van der Waals surface area contributed by atoms with Gasteiger partial charge in [-0.2, -0.15) is 0 Å². The van der Waals surface area contributed by atoms with Crippen LogP contribution in [0, 0.1) is 5.82 Å². The Morgan fingerprint density at radius 2 is 2.03 bits per heavy atom. The van der Waals surface area contributed by atoms with Crippen molar-refractivity contribution in [1.82, 2.24) is 9.88 Å². The minimum absolute atomic E-state index is 0.00113. The molecule has 36 heavy (non-hydrogen) atoms. The number of aliphatic carboxylic acids is 1. The molecule has 2 aromatic rings. The third kappa shape index (κ3) is 7.11. The molecule has 1 unspecified atom stereocenters. The molecule has 1 aromatic heterocycles. The molecule has 1 aliphatic heterocycles. The zero-order valence-electron chi connectivity index (χ0n) is 21.5. The number of aryl methyl sites for hydroxylation is 3. The predicted octanol–water partition coefficient (Wildman–Crippen LogP) is 5.26. The largest absolute Gasteiger partial charge is 0.480 e. The maximum absolute atomic E-state index is 14.1. The number of benzene rings is 1. The number of aromatic nitrogens is 1. The Morgan fingerprint density at radius 1 is 1.19 bits per heavy atom. The van der Waals surface area contributed by atoms with Gasteiger partial charge in [0.25, 0.3) is 0 Å². The van der Waals surface area contributed by atoms with Gasteiger partial charge in [0.1, 0.15) is 11.9 Å². The number of hydrogen-bond acceptors (Lipinski definition) is 5. The van der Waals surface area contributed by atoms with E-state index in [0.717, 1.165) is 38.5 Å². The van der Waals surface area contributed by atoms with Crippen molar-refractivity contribution in [1.29, 1.82) is 0 Å². The SMILES string of the molecule is CC(C)OCc1ccc(F)cc1C(C(=O)O)N1CC[C@@H](OCCCCc2ccc3c(n2)CCCC3)C1. The van der Waals surface area contributed by atoms with Gasteiger partial charge in [-0.25, -0.2) is 4.39 Å². The van der Waals surface area contributed by atoms with Crippen LogP contribution in [-0.2, 0) is 40.1 Å². The fourth-order valence-electron chi connectivity index (χ4n) is 5.24. The Labute approximate surface area is 213 Å². The highest BCUT2D eigenvalue weighted by molar-refractivity contribution is 5.76. The Kier molecular flexibility index (Phi) is 9.46. The summed E-state index contributed by atoms with van der Waals surface area (Å²) in [6.07, 6.45) is 8.43. The highest BCUT2D eigenvalue weighted by atomic mass is 19.1. The summed E-state index contributed by atoms with van der Waals surface area (Å²) >= 11 is 0. The van der Waals surface area contributed by atoms with E-state index in [9.17, 15) is 14.3 Å². The molecule has 196 valence electrons. The molecule has 0 radical (unpaired) electrons. The second kappa shape index (κ2) is 12.7.